The molecule has 1 aliphatic rings. The van der Waals surface area contributed by atoms with E-state index in [-0.39, 0.29) is 23.9 Å². The highest BCUT2D eigenvalue weighted by Crippen LogP contribution is 2.16. The molecule has 0 aromatic rings. The predicted molar refractivity (Wildman–Crippen MR) is 44.6 cm³/mol. The van der Waals surface area contributed by atoms with Gasteiger partial charge < -0.3 is 4.90 Å². The van der Waals surface area contributed by atoms with Gasteiger partial charge in [0.15, 0.2) is 0 Å². The largest absolute Gasteiger partial charge is 0.324 e. The van der Waals surface area contributed by atoms with Crippen LogP contribution in [0.2, 0.25) is 0 Å². The first-order chi connectivity index (χ1) is 5.38. The number of rotatable bonds is 1. The molecule has 1 aliphatic heterocycles. The van der Waals surface area contributed by atoms with E-state index in [9.17, 15) is 9.59 Å². The number of urea groups is 1. The number of hydrogen-bond donors (Lipinski definition) is 1. The van der Waals surface area contributed by atoms with Crippen LogP contribution in [0.3, 0.4) is 0 Å². The molecule has 4 heteroatoms. The molecular formula is C8H14N2O2. The zero-order valence-electron chi connectivity index (χ0n) is 7.68. The third kappa shape index (κ3) is 2.22. The second kappa shape index (κ2) is 2.77. The lowest BCUT2D eigenvalue weighted by molar-refractivity contribution is -0.118. The molecule has 0 unspecified atom stereocenters. The van der Waals surface area contributed by atoms with Gasteiger partial charge in [-0.3, -0.25) is 10.1 Å². The molecule has 0 radical (unpaired) electrons. The average Bonchev–Trinajstić information content (AvgIpc) is 2.06. The molecule has 1 N–H and O–H groups in total. The minimum atomic E-state index is -0.269. The first kappa shape index (κ1) is 9.03. The fraction of sp³-hybridized carbons (Fsp3) is 0.750. The fourth-order valence-corrected chi connectivity index (χ4v) is 1.18. The second-order valence-corrected chi connectivity index (χ2v) is 4.27. The van der Waals surface area contributed by atoms with E-state index in [0.717, 1.165) is 0 Å². The Morgan fingerprint density at radius 2 is 2.00 bits per heavy atom. The molecule has 12 heavy (non-hydrogen) atoms. The Morgan fingerprint density at radius 3 is 2.33 bits per heavy atom. The van der Waals surface area contributed by atoms with E-state index in [0.29, 0.717) is 6.54 Å². The summed E-state index contributed by atoms with van der Waals surface area (Å²) in [5, 5.41) is 2.24. The summed E-state index contributed by atoms with van der Waals surface area (Å²) >= 11 is 0. The molecule has 0 atom stereocenters. The van der Waals surface area contributed by atoms with Gasteiger partial charge in [-0.2, -0.15) is 0 Å². The highest BCUT2D eigenvalue weighted by molar-refractivity contribution is 6.01. The lowest BCUT2D eigenvalue weighted by atomic mass is 9.96. The molecule has 68 valence electrons. The summed E-state index contributed by atoms with van der Waals surface area (Å²) in [4.78, 5) is 23.4. The van der Waals surface area contributed by atoms with Crippen molar-refractivity contribution in [2.24, 2.45) is 5.41 Å². The Balaban J connectivity index is 2.54. The van der Waals surface area contributed by atoms with Crippen LogP contribution >= 0.6 is 0 Å². The standard InChI is InChI=1S/C8H14N2O2/c1-8(2,3)5-10-4-6(11)9-7(10)12/h4-5H2,1-3H3,(H,9,11,12). The summed E-state index contributed by atoms with van der Waals surface area (Å²) in [6.45, 7) is 6.91. The van der Waals surface area contributed by atoms with Crippen LogP contribution in [0.4, 0.5) is 4.79 Å². The minimum absolute atomic E-state index is 0.0436. The van der Waals surface area contributed by atoms with E-state index in [4.69, 9.17) is 0 Å². The Bertz CT molecular complexity index is 218. The number of imide groups is 1. The molecule has 0 aromatic heterocycles. The maximum absolute atomic E-state index is 11.1. The van der Waals surface area contributed by atoms with E-state index in [2.05, 4.69) is 5.32 Å². The Kier molecular flexibility index (Phi) is 2.08. The number of nitrogens with zero attached hydrogens (tertiary/aromatic N) is 1. The van der Waals surface area contributed by atoms with E-state index in [1.807, 2.05) is 20.8 Å². The highest BCUT2D eigenvalue weighted by Gasteiger charge is 2.29. The molecule has 0 spiro atoms. The van der Waals surface area contributed by atoms with Crippen LogP contribution in [-0.4, -0.2) is 29.9 Å². The van der Waals surface area contributed by atoms with Gasteiger partial charge in [-0.15, -0.1) is 0 Å². The number of carbonyl (C=O) groups is 2. The fourth-order valence-electron chi connectivity index (χ4n) is 1.18. The van der Waals surface area contributed by atoms with Crippen molar-refractivity contribution in [2.45, 2.75) is 20.8 Å². The van der Waals surface area contributed by atoms with Gasteiger partial charge >= 0.3 is 6.03 Å². The van der Waals surface area contributed by atoms with Gasteiger partial charge in [0.05, 0.1) is 0 Å². The van der Waals surface area contributed by atoms with Gasteiger partial charge in [0.2, 0.25) is 5.91 Å². The SMILES string of the molecule is CC(C)(C)CN1CC(=O)NC1=O. The maximum Gasteiger partial charge on any atom is 0.324 e. The van der Waals surface area contributed by atoms with Crippen molar-refractivity contribution in [1.82, 2.24) is 10.2 Å². The maximum atomic E-state index is 11.1. The van der Waals surface area contributed by atoms with Gasteiger partial charge in [0, 0.05) is 6.54 Å². The molecule has 3 amide bonds. The minimum Gasteiger partial charge on any atom is -0.315 e. The van der Waals surface area contributed by atoms with Crippen molar-refractivity contribution in [3.63, 3.8) is 0 Å². The summed E-state index contributed by atoms with van der Waals surface area (Å²) in [7, 11) is 0. The Hall–Kier alpha value is -1.06. The molecule has 1 fully saturated rings. The van der Waals surface area contributed by atoms with Gasteiger partial charge in [0.25, 0.3) is 0 Å². The third-order valence-electron chi connectivity index (χ3n) is 1.53. The van der Waals surface area contributed by atoms with Crippen LogP contribution in [0.25, 0.3) is 0 Å². The number of carbonyl (C=O) groups excluding carboxylic acids is 2. The van der Waals surface area contributed by atoms with Gasteiger partial charge in [-0.05, 0) is 5.41 Å². The summed E-state index contributed by atoms with van der Waals surface area (Å²) < 4.78 is 0. The van der Waals surface area contributed by atoms with Crippen LogP contribution < -0.4 is 5.32 Å². The molecule has 0 aliphatic carbocycles. The number of nitrogens with one attached hydrogen (secondary N) is 1. The van der Waals surface area contributed by atoms with Crippen molar-refractivity contribution in [3.05, 3.63) is 0 Å². The van der Waals surface area contributed by atoms with E-state index >= 15 is 0 Å². The van der Waals surface area contributed by atoms with E-state index in [1.165, 1.54) is 4.90 Å². The molecule has 0 bridgehead atoms. The van der Waals surface area contributed by atoms with E-state index < -0.39 is 0 Å². The summed E-state index contributed by atoms with van der Waals surface area (Å²) in [5.74, 6) is -0.204. The predicted octanol–water partition coefficient (Wildman–Crippen LogP) is 0.584. The molecule has 1 heterocycles. The molecule has 1 rings (SSSR count). The molecule has 4 nitrogen and oxygen atoms in total. The zero-order chi connectivity index (χ0) is 9.35. The van der Waals surface area contributed by atoms with Crippen LogP contribution in [0, 0.1) is 5.41 Å². The second-order valence-electron chi connectivity index (χ2n) is 4.27. The first-order valence-corrected chi connectivity index (χ1v) is 3.97. The highest BCUT2D eigenvalue weighted by atomic mass is 16.2. The molecule has 1 saturated heterocycles. The quantitative estimate of drug-likeness (QED) is 0.585. The van der Waals surface area contributed by atoms with Crippen LogP contribution in [0.15, 0.2) is 0 Å². The summed E-state index contributed by atoms with van der Waals surface area (Å²) in [6, 6.07) is -0.269. The van der Waals surface area contributed by atoms with Gasteiger partial charge in [-0.25, -0.2) is 4.79 Å². The van der Waals surface area contributed by atoms with Crippen LogP contribution in [0.1, 0.15) is 20.8 Å². The lowest BCUT2D eigenvalue weighted by Crippen LogP contribution is -2.35. The topological polar surface area (TPSA) is 49.4 Å². The number of amides is 3. The van der Waals surface area contributed by atoms with Crippen molar-refractivity contribution in [2.75, 3.05) is 13.1 Å². The normalized spacial score (nSPS) is 18.4. The van der Waals surface area contributed by atoms with Crippen molar-refractivity contribution >= 4 is 11.9 Å². The summed E-state index contributed by atoms with van der Waals surface area (Å²) in [5.41, 5.74) is 0.0436. The smallest absolute Gasteiger partial charge is 0.315 e. The number of hydrogen-bond acceptors (Lipinski definition) is 2. The zero-order valence-corrected chi connectivity index (χ0v) is 7.68. The Morgan fingerprint density at radius 1 is 1.42 bits per heavy atom. The monoisotopic (exact) mass is 170 g/mol. The van der Waals surface area contributed by atoms with Crippen LogP contribution in [-0.2, 0) is 4.79 Å². The molecular weight excluding hydrogens is 156 g/mol. The third-order valence-corrected chi connectivity index (χ3v) is 1.53. The average molecular weight is 170 g/mol. The van der Waals surface area contributed by atoms with Crippen molar-refractivity contribution in [3.8, 4) is 0 Å². The van der Waals surface area contributed by atoms with Crippen LogP contribution in [0.5, 0.6) is 0 Å². The van der Waals surface area contributed by atoms with Gasteiger partial charge in [0.1, 0.15) is 6.54 Å². The molecule has 0 saturated carbocycles. The van der Waals surface area contributed by atoms with Crippen molar-refractivity contribution < 1.29 is 9.59 Å². The molecule has 0 aromatic carbocycles. The Labute approximate surface area is 71.9 Å². The summed E-state index contributed by atoms with van der Waals surface area (Å²) in [6.07, 6.45) is 0. The van der Waals surface area contributed by atoms with Gasteiger partial charge in [-0.1, -0.05) is 20.8 Å². The van der Waals surface area contributed by atoms with E-state index in [1.54, 1.807) is 0 Å². The first-order valence-electron chi connectivity index (χ1n) is 3.97. The van der Waals surface area contributed by atoms with Crippen molar-refractivity contribution in [1.29, 1.82) is 0 Å². The lowest BCUT2D eigenvalue weighted by Gasteiger charge is -2.24.